The van der Waals surface area contributed by atoms with Gasteiger partial charge in [0.2, 0.25) is 23.6 Å². The monoisotopic (exact) mass is 614 g/mol. The van der Waals surface area contributed by atoms with Crippen LogP contribution in [0.4, 0.5) is 11.4 Å². The first kappa shape index (κ1) is 29.9. The SMILES string of the molecule is CCOC(=O)C1=C(C)C2[C@H]3C(=O)N(c4ccc(C(=O)OC)cc4)C(=O)[C@H]3C1(C)[C@H]1C(=O)N(c3ccc(C(=O)OC)cc3)C(=O)[C@H]21. The summed E-state index contributed by atoms with van der Waals surface area (Å²) in [5.74, 6) is -9.51. The number of anilines is 2. The van der Waals surface area contributed by atoms with Crippen molar-refractivity contribution in [2.24, 2.45) is 35.0 Å². The highest BCUT2D eigenvalue weighted by Crippen LogP contribution is 2.68. The van der Waals surface area contributed by atoms with Gasteiger partial charge in [0.05, 0.1) is 67.0 Å². The fourth-order valence-corrected chi connectivity index (χ4v) is 8.05. The molecule has 2 aromatic rings. The molecule has 6 atom stereocenters. The van der Waals surface area contributed by atoms with E-state index in [1.165, 1.54) is 62.8 Å². The van der Waals surface area contributed by atoms with Gasteiger partial charge in [-0.1, -0.05) is 12.5 Å². The van der Waals surface area contributed by atoms with Crippen molar-refractivity contribution < 1.29 is 47.8 Å². The zero-order valence-electron chi connectivity index (χ0n) is 25.2. The minimum atomic E-state index is -1.57. The fourth-order valence-electron chi connectivity index (χ4n) is 8.05. The summed E-state index contributed by atoms with van der Waals surface area (Å²) in [6.07, 6.45) is 0. The third-order valence-corrected chi connectivity index (χ3v) is 9.77. The summed E-state index contributed by atoms with van der Waals surface area (Å²) in [6, 6.07) is 11.5. The molecule has 2 heterocycles. The molecule has 5 aliphatic rings. The molecule has 0 aromatic heterocycles. The molecule has 3 aliphatic carbocycles. The van der Waals surface area contributed by atoms with E-state index in [1.807, 2.05) is 0 Å². The highest BCUT2D eigenvalue weighted by molar-refractivity contribution is 6.27. The van der Waals surface area contributed by atoms with Crippen LogP contribution in [-0.2, 0) is 38.2 Å². The van der Waals surface area contributed by atoms with E-state index < -0.39 is 76.5 Å². The number of hydrogen-bond donors (Lipinski definition) is 0. The maximum Gasteiger partial charge on any atom is 0.337 e. The van der Waals surface area contributed by atoms with E-state index in [4.69, 9.17) is 14.2 Å². The fraction of sp³-hybridized carbons (Fsp3) is 0.364. The van der Waals surface area contributed by atoms with Crippen molar-refractivity contribution in [1.82, 2.24) is 0 Å². The van der Waals surface area contributed by atoms with Crippen LogP contribution in [0.3, 0.4) is 0 Å². The molecule has 1 saturated carbocycles. The van der Waals surface area contributed by atoms with E-state index >= 15 is 0 Å². The number of hydrogen-bond acceptors (Lipinski definition) is 10. The van der Waals surface area contributed by atoms with E-state index in [0.717, 1.165) is 9.80 Å². The number of esters is 3. The van der Waals surface area contributed by atoms with Gasteiger partial charge in [0.15, 0.2) is 0 Å². The Kier molecular flexibility index (Phi) is 6.98. The molecule has 0 radical (unpaired) electrons. The largest absolute Gasteiger partial charge is 0.465 e. The van der Waals surface area contributed by atoms with Crippen molar-refractivity contribution in [2.75, 3.05) is 30.6 Å². The highest BCUT2D eigenvalue weighted by atomic mass is 16.5. The summed E-state index contributed by atoms with van der Waals surface area (Å²) in [5, 5.41) is 0. The Balaban J connectivity index is 1.47. The number of amides is 4. The maximum atomic E-state index is 14.3. The molecule has 4 amide bonds. The van der Waals surface area contributed by atoms with Gasteiger partial charge in [0.1, 0.15) is 0 Å². The van der Waals surface area contributed by atoms with Crippen LogP contribution in [-0.4, -0.2) is 62.4 Å². The van der Waals surface area contributed by atoms with Gasteiger partial charge in [-0.3, -0.25) is 29.0 Å². The Morgan fingerprint density at radius 1 is 0.667 bits per heavy atom. The molecule has 2 unspecified atom stereocenters. The number of ether oxygens (including phenoxy) is 3. The van der Waals surface area contributed by atoms with Crippen LogP contribution in [0.2, 0.25) is 0 Å². The highest BCUT2D eigenvalue weighted by Gasteiger charge is 2.77. The van der Waals surface area contributed by atoms with E-state index in [9.17, 15) is 33.6 Å². The molecular formula is C33H30N2O10. The minimum Gasteiger partial charge on any atom is -0.465 e. The normalized spacial score (nSPS) is 28.3. The molecule has 2 saturated heterocycles. The van der Waals surface area contributed by atoms with Crippen molar-refractivity contribution in [3.8, 4) is 0 Å². The Morgan fingerprint density at radius 3 is 1.42 bits per heavy atom. The third kappa shape index (κ3) is 3.94. The van der Waals surface area contributed by atoms with Gasteiger partial charge in [0.25, 0.3) is 0 Å². The van der Waals surface area contributed by atoms with Crippen LogP contribution >= 0.6 is 0 Å². The topological polar surface area (TPSA) is 154 Å². The molecule has 12 nitrogen and oxygen atoms in total. The van der Waals surface area contributed by atoms with E-state index in [1.54, 1.807) is 20.8 Å². The van der Waals surface area contributed by atoms with Gasteiger partial charge in [0, 0.05) is 16.9 Å². The number of allylic oxidation sites excluding steroid dienone is 1. The van der Waals surface area contributed by atoms with E-state index in [0.29, 0.717) is 5.57 Å². The maximum absolute atomic E-state index is 14.3. The van der Waals surface area contributed by atoms with Crippen LogP contribution in [0.5, 0.6) is 0 Å². The number of imide groups is 2. The van der Waals surface area contributed by atoms with Gasteiger partial charge in [-0.05, 0) is 62.4 Å². The second kappa shape index (κ2) is 10.5. The molecule has 2 aliphatic heterocycles. The molecule has 2 aromatic carbocycles. The summed E-state index contributed by atoms with van der Waals surface area (Å²) in [5.41, 5.74) is -0.145. The zero-order chi connectivity index (χ0) is 32.5. The molecule has 232 valence electrons. The zero-order valence-corrected chi connectivity index (χ0v) is 25.2. The van der Waals surface area contributed by atoms with Crippen molar-refractivity contribution in [3.05, 3.63) is 70.8 Å². The lowest BCUT2D eigenvalue weighted by atomic mass is 9.43. The number of methoxy groups -OCH3 is 2. The number of carbonyl (C=O) groups excluding carboxylic acids is 7. The Hall–Kier alpha value is -5.13. The molecular weight excluding hydrogens is 584 g/mol. The number of rotatable bonds is 6. The lowest BCUT2D eigenvalue weighted by molar-refractivity contribution is -0.155. The first-order valence-corrected chi connectivity index (χ1v) is 14.4. The molecule has 0 spiro atoms. The smallest absolute Gasteiger partial charge is 0.337 e. The van der Waals surface area contributed by atoms with E-state index in [2.05, 4.69) is 0 Å². The van der Waals surface area contributed by atoms with Crippen molar-refractivity contribution >= 4 is 52.9 Å². The summed E-state index contributed by atoms with van der Waals surface area (Å²) in [7, 11) is 2.47. The van der Waals surface area contributed by atoms with Crippen molar-refractivity contribution in [2.45, 2.75) is 20.8 Å². The summed E-state index contributed by atoms with van der Waals surface area (Å²) in [4.78, 5) is 96.4. The van der Waals surface area contributed by atoms with Crippen LogP contribution < -0.4 is 9.80 Å². The molecule has 3 fully saturated rings. The van der Waals surface area contributed by atoms with Gasteiger partial charge in [-0.2, -0.15) is 0 Å². The lowest BCUT2D eigenvalue weighted by Crippen LogP contribution is -2.61. The number of carbonyl (C=O) groups is 7. The number of benzene rings is 2. The summed E-state index contributed by atoms with van der Waals surface area (Å²) >= 11 is 0. The molecule has 12 heteroatoms. The Labute approximate surface area is 257 Å². The Bertz CT molecular complexity index is 1620. The van der Waals surface area contributed by atoms with Gasteiger partial charge >= 0.3 is 17.9 Å². The summed E-state index contributed by atoms with van der Waals surface area (Å²) in [6.45, 7) is 4.92. The third-order valence-electron chi connectivity index (χ3n) is 9.77. The predicted molar refractivity (Wildman–Crippen MR) is 155 cm³/mol. The quantitative estimate of drug-likeness (QED) is 0.270. The number of nitrogens with zero attached hydrogens (tertiary/aromatic N) is 2. The molecule has 45 heavy (non-hydrogen) atoms. The minimum absolute atomic E-state index is 0.0373. The van der Waals surface area contributed by atoms with Crippen LogP contribution in [0.1, 0.15) is 41.5 Å². The van der Waals surface area contributed by atoms with Gasteiger partial charge < -0.3 is 14.2 Å². The van der Waals surface area contributed by atoms with Crippen LogP contribution in [0, 0.1) is 35.0 Å². The molecule has 7 rings (SSSR count). The predicted octanol–water partition coefficient (Wildman–Crippen LogP) is 2.70. The second-order valence-electron chi connectivity index (χ2n) is 11.7. The first-order chi connectivity index (χ1) is 21.4. The standard InChI is InChI=1S/C33H30N2O10/c1-6-45-32(42)23-15(2)20-21-24(28(38)34(26(21)36)18-11-7-16(8-12-18)30(40)43-4)33(23,3)25-22(20)27(37)35(29(25)39)19-13-9-17(10-14-19)31(41)44-5/h7-14,20-22,24-25H,6H2,1-5H3/t20?,21-,22-,24-,25+,33?/m1/s1. The van der Waals surface area contributed by atoms with Gasteiger partial charge in [-0.15, -0.1) is 0 Å². The van der Waals surface area contributed by atoms with Gasteiger partial charge in [-0.25, -0.2) is 14.4 Å². The van der Waals surface area contributed by atoms with Crippen LogP contribution in [0.15, 0.2) is 59.7 Å². The van der Waals surface area contributed by atoms with Crippen molar-refractivity contribution in [1.29, 1.82) is 0 Å². The molecule has 2 bridgehead atoms. The average Bonchev–Trinajstić information content (AvgIpc) is 3.46. The summed E-state index contributed by atoms with van der Waals surface area (Å²) < 4.78 is 14.9. The van der Waals surface area contributed by atoms with Crippen LogP contribution in [0.25, 0.3) is 0 Å². The average molecular weight is 615 g/mol. The van der Waals surface area contributed by atoms with Crippen molar-refractivity contribution in [3.63, 3.8) is 0 Å². The van der Waals surface area contributed by atoms with E-state index in [-0.39, 0.29) is 34.7 Å². The Morgan fingerprint density at radius 2 is 1.07 bits per heavy atom. The first-order valence-electron chi connectivity index (χ1n) is 14.4. The molecule has 0 N–H and O–H groups in total. The lowest BCUT2D eigenvalue weighted by Gasteiger charge is -2.55. The second-order valence-corrected chi connectivity index (χ2v) is 11.7.